The third-order valence-corrected chi connectivity index (χ3v) is 5.49. The minimum atomic E-state index is -0.392. The molecule has 6 heteroatoms. The molecule has 1 aliphatic rings. The Hall–Kier alpha value is -1.08. The van der Waals surface area contributed by atoms with Crippen LogP contribution in [-0.4, -0.2) is 44.7 Å². The highest BCUT2D eigenvalue weighted by Gasteiger charge is 2.51. The summed E-state index contributed by atoms with van der Waals surface area (Å²) < 4.78 is 29.0. The van der Waals surface area contributed by atoms with Crippen LogP contribution in [0.2, 0.25) is 0 Å². The molecule has 0 N–H and O–H groups in total. The van der Waals surface area contributed by atoms with Crippen LogP contribution in [-0.2, 0) is 25.4 Å². The highest BCUT2D eigenvalue weighted by molar-refractivity contribution is 6.62. The standard InChI is InChI=1S/C20H33BO5/c1-18(2,23-8)11-12-24-14-15-13-16(9-10-17(15)22-7)21-25-19(3,4)20(5,6)26-21/h9-10,13H,11-12,14H2,1-8H3. The van der Waals surface area contributed by atoms with E-state index < -0.39 is 7.12 Å². The molecule has 26 heavy (non-hydrogen) atoms. The van der Waals surface area contributed by atoms with Crippen LogP contribution in [0.15, 0.2) is 18.2 Å². The number of benzene rings is 1. The van der Waals surface area contributed by atoms with Gasteiger partial charge >= 0.3 is 7.12 Å². The van der Waals surface area contributed by atoms with Crippen molar-refractivity contribution in [2.24, 2.45) is 0 Å². The Balaban J connectivity index is 2.07. The maximum atomic E-state index is 6.14. The van der Waals surface area contributed by atoms with Crippen LogP contribution in [0, 0.1) is 0 Å². The predicted octanol–water partition coefficient (Wildman–Crippen LogP) is 3.33. The molecule has 0 spiro atoms. The molecule has 0 aliphatic carbocycles. The summed E-state index contributed by atoms with van der Waals surface area (Å²) in [7, 11) is 3.00. The molecule has 1 aliphatic heterocycles. The first-order valence-electron chi connectivity index (χ1n) is 9.17. The number of ether oxygens (including phenoxy) is 3. The van der Waals surface area contributed by atoms with Gasteiger partial charge < -0.3 is 23.5 Å². The van der Waals surface area contributed by atoms with Crippen LogP contribution < -0.4 is 10.2 Å². The topological polar surface area (TPSA) is 46.2 Å². The maximum absolute atomic E-state index is 6.14. The molecule has 0 saturated carbocycles. The second kappa shape index (κ2) is 7.89. The van der Waals surface area contributed by atoms with Gasteiger partial charge in [-0.05, 0) is 59.5 Å². The van der Waals surface area contributed by atoms with Crippen molar-refractivity contribution in [3.05, 3.63) is 23.8 Å². The Morgan fingerprint density at radius 3 is 2.19 bits per heavy atom. The molecule has 1 fully saturated rings. The Labute approximate surface area is 158 Å². The summed E-state index contributed by atoms with van der Waals surface area (Å²) in [6, 6.07) is 5.97. The van der Waals surface area contributed by atoms with Gasteiger partial charge in [-0.3, -0.25) is 0 Å². The summed E-state index contributed by atoms with van der Waals surface area (Å²) in [5.41, 5.74) is 1.05. The molecular formula is C20H33BO5. The van der Waals surface area contributed by atoms with Crippen molar-refractivity contribution in [3.63, 3.8) is 0 Å². The first kappa shape index (κ1) is 21.2. The van der Waals surface area contributed by atoms with Gasteiger partial charge in [0.15, 0.2) is 0 Å². The van der Waals surface area contributed by atoms with E-state index in [1.165, 1.54) is 0 Å². The molecule has 1 aromatic carbocycles. The molecule has 1 heterocycles. The van der Waals surface area contributed by atoms with Crippen LogP contribution in [0.4, 0.5) is 0 Å². The van der Waals surface area contributed by atoms with Crippen LogP contribution in [0.3, 0.4) is 0 Å². The smallest absolute Gasteiger partial charge is 0.494 e. The van der Waals surface area contributed by atoms with Crippen LogP contribution >= 0.6 is 0 Å². The van der Waals surface area contributed by atoms with Crippen molar-refractivity contribution < 1.29 is 23.5 Å². The molecule has 0 unspecified atom stereocenters. The number of methoxy groups -OCH3 is 2. The van der Waals surface area contributed by atoms with E-state index >= 15 is 0 Å². The van der Waals surface area contributed by atoms with Crippen molar-refractivity contribution in [1.29, 1.82) is 0 Å². The Morgan fingerprint density at radius 2 is 1.65 bits per heavy atom. The summed E-state index contributed by atoms with van der Waals surface area (Å²) in [6.45, 7) is 13.4. The molecule has 0 amide bonds. The van der Waals surface area contributed by atoms with Gasteiger partial charge in [0.2, 0.25) is 0 Å². The van der Waals surface area contributed by atoms with Crippen molar-refractivity contribution in [2.45, 2.75) is 71.4 Å². The zero-order valence-corrected chi connectivity index (χ0v) is 17.5. The van der Waals surface area contributed by atoms with E-state index in [-0.39, 0.29) is 16.8 Å². The monoisotopic (exact) mass is 364 g/mol. The highest BCUT2D eigenvalue weighted by atomic mass is 16.7. The molecule has 2 rings (SSSR count). The first-order valence-corrected chi connectivity index (χ1v) is 9.17. The van der Waals surface area contributed by atoms with E-state index in [9.17, 15) is 0 Å². The second-order valence-corrected chi connectivity index (χ2v) is 8.43. The molecular weight excluding hydrogens is 331 g/mol. The SMILES string of the molecule is COc1ccc(B2OC(C)(C)C(C)(C)O2)cc1COCCC(C)(C)OC. The average Bonchev–Trinajstić information content (AvgIpc) is 2.79. The van der Waals surface area contributed by atoms with Crippen molar-refractivity contribution in [2.75, 3.05) is 20.8 Å². The largest absolute Gasteiger partial charge is 0.496 e. The third-order valence-electron chi connectivity index (χ3n) is 5.49. The van der Waals surface area contributed by atoms with E-state index in [1.54, 1.807) is 14.2 Å². The molecule has 5 nitrogen and oxygen atoms in total. The van der Waals surface area contributed by atoms with Gasteiger partial charge in [0.25, 0.3) is 0 Å². The fourth-order valence-electron chi connectivity index (χ4n) is 2.64. The van der Waals surface area contributed by atoms with Gasteiger partial charge in [-0.2, -0.15) is 0 Å². The van der Waals surface area contributed by atoms with Crippen LogP contribution in [0.25, 0.3) is 0 Å². The fourth-order valence-corrected chi connectivity index (χ4v) is 2.64. The Kier molecular flexibility index (Phi) is 6.44. The van der Waals surface area contributed by atoms with Crippen molar-refractivity contribution in [3.8, 4) is 5.75 Å². The fraction of sp³-hybridized carbons (Fsp3) is 0.700. The molecule has 0 bridgehead atoms. The Morgan fingerprint density at radius 1 is 1.04 bits per heavy atom. The van der Waals surface area contributed by atoms with E-state index in [0.29, 0.717) is 13.2 Å². The zero-order valence-electron chi connectivity index (χ0n) is 17.5. The van der Waals surface area contributed by atoms with Gasteiger partial charge in [-0.15, -0.1) is 0 Å². The van der Waals surface area contributed by atoms with E-state index in [0.717, 1.165) is 23.2 Å². The summed E-state index contributed by atoms with van der Waals surface area (Å²) in [5.74, 6) is 0.802. The number of rotatable bonds is 8. The molecule has 1 saturated heterocycles. The molecule has 146 valence electrons. The average molecular weight is 364 g/mol. The van der Waals surface area contributed by atoms with E-state index in [2.05, 4.69) is 41.5 Å². The zero-order chi connectivity index (χ0) is 19.6. The predicted molar refractivity (Wildman–Crippen MR) is 104 cm³/mol. The summed E-state index contributed by atoms with van der Waals surface area (Å²) in [4.78, 5) is 0. The van der Waals surface area contributed by atoms with Gasteiger partial charge in [-0.1, -0.05) is 12.1 Å². The summed E-state index contributed by atoms with van der Waals surface area (Å²) in [6.07, 6.45) is 0.822. The lowest BCUT2D eigenvalue weighted by Gasteiger charge is -2.32. The van der Waals surface area contributed by atoms with Crippen molar-refractivity contribution in [1.82, 2.24) is 0 Å². The first-order chi connectivity index (χ1) is 12.0. The molecule has 0 atom stereocenters. The van der Waals surface area contributed by atoms with Gasteiger partial charge in [0, 0.05) is 19.3 Å². The van der Waals surface area contributed by atoms with E-state index in [4.69, 9.17) is 23.5 Å². The lowest BCUT2D eigenvalue weighted by atomic mass is 9.78. The minimum Gasteiger partial charge on any atom is -0.496 e. The lowest BCUT2D eigenvalue weighted by molar-refractivity contribution is -0.0126. The molecule has 1 aromatic rings. The molecule has 0 aromatic heterocycles. The van der Waals surface area contributed by atoms with Crippen molar-refractivity contribution >= 4 is 12.6 Å². The normalized spacial score (nSPS) is 19.0. The Bertz CT molecular complexity index is 596. The van der Waals surface area contributed by atoms with E-state index in [1.807, 2.05) is 18.2 Å². The van der Waals surface area contributed by atoms with Gasteiger partial charge in [-0.25, -0.2) is 0 Å². The summed E-state index contributed by atoms with van der Waals surface area (Å²) >= 11 is 0. The highest BCUT2D eigenvalue weighted by Crippen LogP contribution is 2.36. The third kappa shape index (κ3) is 4.80. The second-order valence-electron chi connectivity index (χ2n) is 8.43. The number of hydrogen-bond acceptors (Lipinski definition) is 5. The maximum Gasteiger partial charge on any atom is 0.494 e. The van der Waals surface area contributed by atoms with Gasteiger partial charge in [0.05, 0.1) is 30.5 Å². The van der Waals surface area contributed by atoms with Crippen LogP contribution in [0.1, 0.15) is 53.5 Å². The summed E-state index contributed by atoms with van der Waals surface area (Å²) in [5, 5.41) is 0. The lowest BCUT2D eigenvalue weighted by Crippen LogP contribution is -2.41. The molecule has 0 radical (unpaired) electrons. The van der Waals surface area contributed by atoms with Gasteiger partial charge in [0.1, 0.15) is 5.75 Å². The van der Waals surface area contributed by atoms with Crippen LogP contribution in [0.5, 0.6) is 5.75 Å². The minimum absolute atomic E-state index is 0.186. The quantitative estimate of drug-likeness (QED) is 0.523. The number of hydrogen-bond donors (Lipinski definition) is 0.